The number of carbonyl (C=O) groups excluding carboxylic acids is 1. The molecule has 0 radical (unpaired) electrons. The number of amides is 1. The van der Waals surface area contributed by atoms with Crippen molar-refractivity contribution < 1.29 is 22.7 Å². The molecule has 0 spiro atoms. The van der Waals surface area contributed by atoms with Gasteiger partial charge in [0.2, 0.25) is 0 Å². The summed E-state index contributed by atoms with van der Waals surface area (Å²) in [7, 11) is 0. The zero-order valence-corrected chi connectivity index (χ0v) is 13.6. The summed E-state index contributed by atoms with van der Waals surface area (Å²) < 4.78 is 45.2. The number of benzene rings is 1. The van der Waals surface area contributed by atoms with Crippen molar-refractivity contribution in [3.8, 4) is 0 Å². The van der Waals surface area contributed by atoms with E-state index < -0.39 is 18.0 Å². The molecule has 0 N–H and O–H groups in total. The van der Waals surface area contributed by atoms with Crippen LogP contribution in [0.3, 0.4) is 0 Å². The van der Waals surface area contributed by atoms with Crippen molar-refractivity contribution >= 4 is 22.9 Å². The number of hydrogen-bond donors (Lipinski definition) is 0. The van der Waals surface area contributed by atoms with Gasteiger partial charge in [0.1, 0.15) is 0 Å². The fourth-order valence-corrected chi connectivity index (χ4v) is 2.72. The van der Waals surface area contributed by atoms with Gasteiger partial charge in [-0.05, 0) is 19.1 Å². The molecule has 1 aliphatic rings. The third-order valence-electron chi connectivity index (χ3n) is 3.93. The second kappa shape index (κ2) is 6.73. The van der Waals surface area contributed by atoms with Crippen LogP contribution in [0.25, 0.3) is 11.0 Å². The summed E-state index contributed by atoms with van der Waals surface area (Å²) >= 11 is 0. The highest BCUT2D eigenvalue weighted by Gasteiger charge is 2.39. The van der Waals surface area contributed by atoms with Gasteiger partial charge in [0.15, 0.2) is 11.5 Å². The summed E-state index contributed by atoms with van der Waals surface area (Å²) in [6.45, 7) is 2.96. The van der Waals surface area contributed by atoms with Gasteiger partial charge in [0.05, 0.1) is 17.6 Å². The molecule has 9 heteroatoms. The van der Waals surface area contributed by atoms with Gasteiger partial charge in [-0.25, -0.2) is 14.8 Å². The van der Waals surface area contributed by atoms with Gasteiger partial charge in [-0.3, -0.25) is 0 Å². The minimum absolute atomic E-state index is 0.198. The molecule has 6 nitrogen and oxygen atoms in total. The molecule has 1 saturated heterocycles. The number of hydrogen-bond acceptors (Lipinski definition) is 5. The molecule has 0 aliphatic carbocycles. The SMILES string of the molecule is CCOC(=O)N1CCN(c2nc3ccccc3nc2C(F)(F)F)CC1. The third-order valence-corrected chi connectivity index (χ3v) is 3.93. The molecule has 0 atom stereocenters. The number of para-hydroxylation sites is 2. The smallest absolute Gasteiger partial charge is 0.437 e. The first-order valence-corrected chi connectivity index (χ1v) is 7.90. The van der Waals surface area contributed by atoms with Crippen LogP contribution in [0.2, 0.25) is 0 Å². The number of fused-ring (bicyclic) bond motifs is 1. The van der Waals surface area contributed by atoms with Gasteiger partial charge < -0.3 is 14.5 Å². The minimum atomic E-state index is -4.61. The Bertz CT molecular complexity index is 774. The molecule has 1 aromatic heterocycles. The maximum atomic E-state index is 13.4. The number of aromatic nitrogens is 2. The van der Waals surface area contributed by atoms with Gasteiger partial charge >= 0.3 is 12.3 Å². The maximum absolute atomic E-state index is 13.4. The standard InChI is InChI=1S/C16H17F3N4O2/c1-2-25-15(24)23-9-7-22(8-10-23)14-13(16(17,18)19)20-11-5-3-4-6-12(11)21-14/h3-6H,2,7-10H2,1H3. The number of rotatable bonds is 2. The van der Waals surface area contributed by atoms with Crippen molar-refractivity contribution in [2.45, 2.75) is 13.1 Å². The Labute approximate surface area is 142 Å². The summed E-state index contributed by atoms with van der Waals surface area (Å²) in [5, 5.41) is 0. The molecular formula is C16H17F3N4O2. The first kappa shape index (κ1) is 17.2. The van der Waals surface area contributed by atoms with Crippen molar-refractivity contribution in [1.82, 2.24) is 14.9 Å². The van der Waals surface area contributed by atoms with Crippen LogP contribution in [0.4, 0.5) is 23.8 Å². The summed E-state index contributed by atoms with van der Waals surface area (Å²) in [4.78, 5) is 22.7. The van der Waals surface area contributed by atoms with Gasteiger partial charge in [0, 0.05) is 26.2 Å². The fraction of sp³-hybridized carbons (Fsp3) is 0.438. The molecule has 0 bridgehead atoms. The van der Waals surface area contributed by atoms with E-state index in [9.17, 15) is 18.0 Å². The number of nitrogens with zero attached hydrogens (tertiary/aromatic N) is 4. The van der Waals surface area contributed by atoms with Gasteiger partial charge in [-0.1, -0.05) is 12.1 Å². The van der Waals surface area contributed by atoms with Gasteiger partial charge in [-0.2, -0.15) is 13.2 Å². The van der Waals surface area contributed by atoms with Crippen molar-refractivity contribution in [3.05, 3.63) is 30.0 Å². The van der Waals surface area contributed by atoms with E-state index in [2.05, 4.69) is 9.97 Å². The number of ether oxygens (including phenoxy) is 1. The maximum Gasteiger partial charge on any atom is 0.437 e. The van der Waals surface area contributed by atoms with Crippen LogP contribution in [-0.2, 0) is 10.9 Å². The van der Waals surface area contributed by atoms with E-state index >= 15 is 0 Å². The van der Waals surface area contributed by atoms with Crippen LogP contribution in [-0.4, -0.2) is 53.7 Å². The van der Waals surface area contributed by atoms with Crippen molar-refractivity contribution in [2.75, 3.05) is 37.7 Å². The quantitative estimate of drug-likeness (QED) is 0.830. The van der Waals surface area contributed by atoms with E-state index in [1.54, 1.807) is 25.1 Å². The Morgan fingerprint density at radius 1 is 1.12 bits per heavy atom. The summed E-state index contributed by atoms with van der Waals surface area (Å²) in [6, 6.07) is 6.45. The molecule has 25 heavy (non-hydrogen) atoms. The highest BCUT2D eigenvalue weighted by Crippen LogP contribution is 2.35. The van der Waals surface area contributed by atoms with E-state index in [-0.39, 0.29) is 44.1 Å². The lowest BCUT2D eigenvalue weighted by molar-refractivity contribution is -0.140. The Morgan fingerprint density at radius 3 is 2.28 bits per heavy atom. The van der Waals surface area contributed by atoms with Crippen molar-refractivity contribution in [2.24, 2.45) is 0 Å². The zero-order valence-electron chi connectivity index (χ0n) is 13.6. The summed E-state index contributed by atoms with van der Waals surface area (Å²) in [6.07, 6.45) is -5.06. The monoisotopic (exact) mass is 354 g/mol. The number of halogens is 3. The summed E-state index contributed by atoms with van der Waals surface area (Å²) in [5.41, 5.74) is -0.405. The van der Waals surface area contributed by atoms with Crippen LogP contribution >= 0.6 is 0 Å². The van der Waals surface area contributed by atoms with Crippen LogP contribution in [0.5, 0.6) is 0 Å². The average molecular weight is 354 g/mol. The first-order valence-electron chi connectivity index (χ1n) is 7.90. The lowest BCUT2D eigenvalue weighted by atomic mass is 10.2. The second-order valence-electron chi connectivity index (χ2n) is 5.56. The predicted octanol–water partition coefficient (Wildman–Crippen LogP) is 2.93. The Hall–Kier alpha value is -2.58. The lowest BCUT2D eigenvalue weighted by Crippen LogP contribution is -2.49. The molecule has 1 amide bonds. The minimum Gasteiger partial charge on any atom is -0.450 e. The van der Waals surface area contributed by atoms with Crippen molar-refractivity contribution in [3.63, 3.8) is 0 Å². The Balaban J connectivity index is 1.89. The van der Waals surface area contributed by atoms with Crippen LogP contribution in [0.1, 0.15) is 12.6 Å². The van der Waals surface area contributed by atoms with Gasteiger partial charge in [-0.15, -0.1) is 0 Å². The molecule has 1 aliphatic heterocycles. The first-order chi connectivity index (χ1) is 11.9. The molecule has 1 fully saturated rings. The molecule has 2 heterocycles. The lowest BCUT2D eigenvalue weighted by Gasteiger charge is -2.35. The van der Waals surface area contributed by atoms with E-state index in [1.807, 2.05) is 0 Å². The van der Waals surface area contributed by atoms with E-state index in [1.165, 1.54) is 15.9 Å². The van der Waals surface area contributed by atoms with Crippen LogP contribution < -0.4 is 4.90 Å². The van der Waals surface area contributed by atoms with Crippen molar-refractivity contribution in [1.29, 1.82) is 0 Å². The summed E-state index contributed by atoms with van der Waals surface area (Å²) in [5.74, 6) is -0.199. The Kier molecular flexibility index (Phi) is 4.65. The molecular weight excluding hydrogens is 337 g/mol. The molecule has 1 aromatic carbocycles. The highest BCUT2D eigenvalue weighted by molar-refractivity contribution is 5.77. The zero-order chi connectivity index (χ0) is 18.0. The van der Waals surface area contributed by atoms with Gasteiger partial charge in [0.25, 0.3) is 0 Å². The second-order valence-corrected chi connectivity index (χ2v) is 5.56. The number of alkyl halides is 3. The third kappa shape index (κ3) is 3.59. The molecule has 3 rings (SSSR count). The normalized spacial score (nSPS) is 15.5. The topological polar surface area (TPSA) is 58.6 Å². The Morgan fingerprint density at radius 2 is 1.72 bits per heavy atom. The number of carbonyl (C=O) groups is 1. The van der Waals surface area contributed by atoms with Crippen LogP contribution in [0.15, 0.2) is 24.3 Å². The molecule has 2 aromatic rings. The highest BCUT2D eigenvalue weighted by atomic mass is 19.4. The largest absolute Gasteiger partial charge is 0.450 e. The molecule has 0 saturated carbocycles. The fourth-order valence-electron chi connectivity index (χ4n) is 2.72. The van der Waals surface area contributed by atoms with E-state index in [4.69, 9.17) is 4.74 Å². The average Bonchev–Trinajstić information content (AvgIpc) is 2.60. The van der Waals surface area contributed by atoms with E-state index in [0.717, 1.165) is 0 Å². The number of anilines is 1. The molecule has 134 valence electrons. The predicted molar refractivity (Wildman–Crippen MR) is 85.3 cm³/mol. The van der Waals surface area contributed by atoms with E-state index in [0.29, 0.717) is 5.52 Å². The number of piperazine rings is 1. The van der Waals surface area contributed by atoms with Crippen LogP contribution in [0, 0.1) is 0 Å². The molecule has 0 unspecified atom stereocenters.